The Hall–Kier alpha value is -2.73. The van der Waals surface area contributed by atoms with Gasteiger partial charge in [0.05, 0.1) is 16.4 Å². The molecule has 0 saturated carbocycles. The fraction of sp³-hybridized carbons (Fsp3) is 0.0909. The van der Waals surface area contributed by atoms with Crippen LogP contribution in [0.15, 0.2) is 64.2 Å². The number of benzene rings is 2. The standard InChI is InChI=1S/C22H17Cl3N4O/c1-13(11-27-12-26-3)22(30)20-14(2)21(15-4-6-16(23)7-5-15)29(28-20)19-9-8-17(24)10-18(19)25/h4-12H,3H2,1-2H3. The third kappa shape index (κ3) is 4.54. The maximum atomic E-state index is 13.0. The maximum absolute atomic E-state index is 13.0. The van der Waals surface area contributed by atoms with Crippen molar-refractivity contribution in [2.24, 2.45) is 9.98 Å². The SMILES string of the molecule is C=NC=NC=C(C)C(=O)c1nn(-c2ccc(Cl)cc2Cl)c(-c2ccc(Cl)cc2)c1C. The van der Waals surface area contributed by atoms with Crippen molar-refractivity contribution in [1.29, 1.82) is 0 Å². The molecule has 0 amide bonds. The van der Waals surface area contributed by atoms with Crippen molar-refractivity contribution in [3.63, 3.8) is 0 Å². The molecule has 0 atom stereocenters. The highest BCUT2D eigenvalue weighted by Crippen LogP contribution is 2.33. The van der Waals surface area contributed by atoms with E-state index in [0.717, 1.165) is 11.3 Å². The smallest absolute Gasteiger partial charge is 0.210 e. The van der Waals surface area contributed by atoms with Crippen LogP contribution in [0.25, 0.3) is 16.9 Å². The van der Waals surface area contributed by atoms with Gasteiger partial charge in [-0.1, -0.05) is 46.9 Å². The molecule has 0 bridgehead atoms. The summed E-state index contributed by atoms with van der Waals surface area (Å²) in [4.78, 5) is 20.5. The van der Waals surface area contributed by atoms with E-state index in [9.17, 15) is 4.79 Å². The third-order valence-corrected chi connectivity index (χ3v) is 5.16. The van der Waals surface area contributed by atoms with Gasteiger partial charge in [-0.05, 0) is 50.9 Å². The van der Waals surface area contributed by atoms with E-state index >= 15 is 0 Å². The normalized spacial score (nSPS) is 11.8. The molecule has 8 heteroatoms. The number of aromatic nitrogens is 2. The summed E-state index contributed by atoms with van der Waals surface area (Å²) in [5, 5.41) is 6.12. The molecule has 0 aliphatic carbocycles. The Balaban J connectivity index is 2.23. The van der Waals surface area contributed by atoms with E-state index in [1.54, 1.807) is 41.9 Å². The Morgan fingerprint density at radius 2 is 1.77 bits per heavy atom. The zero-order valence-electron chi connectivity index (χ0n) is 16.2. The summed E-state index contributed by atoms with van der Waals surface area (Å²) >= 11 is 18.5. The van der Waals surface area contributed by atoms with Crippen LogP contribution in [-0.4, -0.2) is 28.6 Å². The lowest BCUT2D eigenvalue weighted by Gasteiger charge is -2.11. The number of aliphatic imine (C=N–C) groups is 2. The van der Waals surface area contributed by atoms with Gasteiger partial charge in [-0.15, -0.1) is 0 Å². The molecule has 0 unspecified atom stereocenters. The lowest BCUT2D eigenvalue weighted by molar-refractivity contribution is 0.102. The van der Waals surface area contributed by atoms with Crippen LogP contribution in [0.5, 0.6) is 0 Å². The summed E-state index contributed by atoms with van der Waals surface area (Å²) in [6.45, 7) is 6.82. The second kappa shape index (κ2) is 9.39. The minimum atomic E-state index is -0.257. The van der Waals surface area contributed by atoms with Gasteiger partial charge in [-0.25, -0.2) is 9.67 Å². The van der Waals surface area contributed by atoms with Crippen LogP contribution in [0.2, 0.25) is 15.1 Å². The Morgan fingerprint density at radius 1 is 1.10 bits per heavy atom. The minimum Gasteiger partial charge on any atom is -0.287 e. The Bertz CT molecular complexity index is 1180. The second-order valence-corrected chi connectivity index (χ2v) is 7.71. The van der Waals surface area contributed by atoms with Crippen molar-refractivity contribution in [1.82, 2.24) is 9.78 Å². The average molecular weight is 460 g/mol. The van der Waals surface area contributed by atoms with Gasteiger partial charge >= 0.3 is 0 Å². The molecule has 0 radical (unpaired) electrons. The van der Waals surface area contributed by atoms with E-state index in [0.29, 0.717) is 37.6 Å². The molecule has 0 aliphatic rings. The molecule has 152 valence electrons. The molecule has 3 rings (SSSR count). The first-order valence-electron chi connectivity index (χ1n) is 8.83. The minimum absolute atomic E-state index is 0.257. The largest absolute Gasteiger partial charge is 0.287 e. The molecule has 0 N–H and O–H groups in total. The van der Waals surface area contributed by atoms with Gasteiger partial charge < -0.3 is 0 Å². The van der Waals surface area contributed by atoms with Crippen molar-refractivity contribution in [3.05, 3.63) is 80.6 Å². The van der Waals surface area contributed by atoms with E-state index in [1.807, 2.05) is 19.1 Å². The van der Waals surface area contributed by atoms with E-state index < -0.39 is 0 Å². The third-order valence-electron chi connectivity index (χ3n) is 4.37. The summed E-state index contributed by atoms with van der Waals surface area (Å²) in [5.74, 6) is -0.257. The topological polar surface area (TPSA) is 59.6 Å². The molecule has 3 aromatic rings. The number of allylic oxidation sites excluding steroid dienone is 1. The number of hydrogen-bond donors (Lipinski definition) is 0. The summed E-state index contributed by atoms with van der Waals surface area (Å²) in [7, 11) is 0. The molecule has 5 nitrogen and oxygen atoms in total. The number of rotatable bonds is 6. The van der Waals surface area contributed by atoms with Crippen molar-refractivity contribution >= 4 is 53.6 Å². The first-order valence-corrected chi connectivity index (χ1v) is 9.96. The highest BCUT2D eigenvalue weighted by atomic mass is 35.5. The van der Waals surface area contributed by atoms with Crippen LogP contribution in [-0.2, 0) is 0 Å². The van der Waals surface area contributed by atoms with Gasteiger partial charge in [-0.3, -0.25) is 9.79 Å². The van der Waals surface area contributed by atoms with Gasteiger partial charge in [0, 0.05) is 32.9 Å². The zero-order chi connectivity index (χ0) is 21.8. The van der Waals surface area contributed by atoms with Crippen LogP contribution in [0.4, 0.5) is 0 Å². The summed E-state index contributed by atoms with van der Waals surface area (Å²) < 4.78 is 1.65. The van der Waals surface area contributed by atoms with Crippen molar-refractivity contribution in [3.8, 4) is 16.9 Å². The first kappa shape index (κ1) is 22.0. The number of carbonyl (C=O) groups excluding carboxylic acids is 1. The van der Waals surface area contributed by atoms with Gasteiger partial charge in [0.2, 0.25) is 5.78 Å². The predicted octanol–water partition coefficient (Wildman–Crippen LogP) is 6.62. The maximum Gasteiger partial charge on any atom is 0.210 e. The van der Waals surface area contributed by atoms with Crippen LogP contribution in [0.3, 0.4) is 0 Å². The van der Waals surface area contributed by atoms with Gasteiger partial charge in [-0.2, -0.15) is 5.10 Å². The molecule has 0 fully saturated rings. The number of ketones is 1. The number of hydrogen-bond acceptors (Lipinski definition) is 3. The lowest BCUT2D eigenvalue weighted by atomic mass is 10.0. The molecule has 1 aromatic heterocycles. The number of Topliss-reactive ketones (excluding diaryl/α,β-unsaturated/α-hetero) is 1. The second-order valence-electron chi connectivity index (χ2n) is 6.42. The van der Waals surface area contributed by atoms with Crippen molar-refractivity contribution < 1.29 is 4.79 Å². The Kier molecular flexibility index (Phi) is 6.87. The quantitative estimate of drug-likeness (QED) is 0.180. The Morgan fingerprint density at radius 3 is 2.40 bits per heavy atom. The summed E-state index contributed by atoms with van der Waals surface area (Å²) in [6.07, 6.45) is 2.68. The van der Waals surface area contributed by atoms with E-state index in [1.165, 1.54) is 12.5 Å². The van der Waals surface area contributed by atoms with Crippen LogP contribution >= 0.6 is 34.8 Å². The summed E-state index contributed by atoms with van der Waals surface area (Å²) in [5.41, 5.74) is 3.57. The van der Waals surface area contributed by atoms with Crippen LogP contribution in [0, 0.1) is 6.92 Å². The van der Waals surface area contributed by atoms with E-state index in [4.69, 9.17) is 34.8 Å². The Labute approximate surface area is 189 Å². The molecular weight excluding hydrogens is 443 g/mol. The predicted molar refractivity (Wildman–Crippen MR) is 125 cm³/mol. The van der Waals surface area contributed by atoms with E-state index in [-0.39, 0.29) is 5.78 Å². The number of nitrogens with zero attached hydrogens (tertiary/aromatic N) is 4. The number of halogens is 3. The van der Waals surface area contributed by atoms with Gasteiger partial charge in [0.15, 0.2) is 0 Å². The monoisotopic (exact) mass is 458 g/mol. The van der Waals surface area contributed by atoms with Crippen LogP contribution in [0.1, 0.15) is 23.0 Å². The van der Waals surface area contributed by atoms with Gasteiger partial charge in [0.25, 0.3) is 0 Å². The van der Waals surface area contributed by atoms with E-state index in [2.05, 4.69) is 21.8 Å². The molecular formula is C22H17Cl3N4O. The summed E-state index contributed by atoms with van der Waals surface area (Å²) in [6, 6.07) is 12.4. The molecule has 0 spiro atoms. The fourth-order valence-electron chi connectivity index (χ4n) is 2.92. The zero-order valence-corrected chi connectivity index (χ0v) is 18.5. The highest BCUT2D eigenvalue weighted by molar-refractivity contribution is 6.35. The molecule has 0 saturated heterocycles. The number of carbonyl (C=O) groups is 1. The molecule has 1 heterocycles. The lowest BCUT2D eigenvalue weighted by Crippen LogP contribution is -2.05. The van der Waals surface area contributed by atoms with Crippen molar-refractivity contribution in [2.45, 2.75) is 13.8 Å². The molecule has 0 aliphatic heterocycles. The van der Waals surface area contributed by atoms with Crippen molar-refractivity contribution in [2.75, 3.05) is 0 Å². The molecule has 2 aromatic carbocycles. The average Bonchev–Trinajstić information content (AvgIpc) is 3.05. The van der Waals surface area contributed by atoms with Crippen LogP contribution < -0.4 is 0 Å². The van der Waals surface area contributed by atoms with Gasteiger partial charge in [0.1, 0.15) is 12.0 Å². The molecule has 30 heavy (non-hydrogen) atoms. The fourth-order valence-corrected chi connectivity index (χ4v) is 3.54. The first-order chi connectivity index (χ1) is 14.3. The highest BCUT2D eigenvalue weighted by Gasteiger charge is 2.24.